The van der Waals surface area contributed by atoms with Crippen molar-refractivity contribution in [2.75, 3.05) is 19.8 Å². The van der Waals surface area contributed by atoms with Gasteiger partial charge >= 0.3 is 0 Å². The number of hydrogen-bond donors (Lipinski definition) is 1. The van der Waals surface area contributed by atoms with Crippen LogP contribution in [-0.2, 0) is 6.61 Å². The Balaban J connectivity index is 2.57. The van der Waals surface area contributed by atoms with Crippen molar-refractivity contribution in [3.63, 3.8) is 0 Å². The maximum absolute atomic E-state index is 9.98. The van der Waals surface area contributed by atoms with E-state index in [1.807, 2.05) is 12.1 Å². The number of unbranched alkanes of at least 4 members (excludes halogenated alkanes) is 24. The molecular formula is C40H74O4. The van der Waals surface area contributed by atoms with Gasteiger partial charge in [-0.3, -0.25) is 0 Å². The van der Waals surface area contributed by atoms with Crippen molar-refractivity contribution in [3.05, 3.63) is 17.7 Å². The summed E-state index contributed by atoms with van der Waals surface area (Å²) in [6, 6.07) is 3.90. The van der Waals surface area contributed by atoms with Crippen LogP contribution >= 0.6 is 0 Å². The summed E-state index contributed by atoms with van der Waals surface area (Å²) >= 11 is 0. The molecule has 0 aliphatic heterocycles. The molecule has 0 spiro atoms. The van der Waals surface area contributed by atoms with E-state index in [1.54, 1.807) is 0 Å². The highest BCUT2D eigenvalue weighted by molar-refractivity contribution is 5.54. The Morgan fingerprint density at radius 2 is 0.659 bits per heavy atom. The zero-order valence-electron chi connectivity index (χ0n) is 29.7. The van der Waals surface area contributed by atoms with Gasteiger partial charge in [-0.1, -0.05) is 175 Å². The second-order valence-electron chi connectivity index (χ2n) is 13.1. The molecule has 0 aliphatic carbocycles. The summed E-state index contributed by atoms with van der Waals surface area (Å²) in [6.07, 6.45) is 34.9. The minimum Gasteiger partial charge on any atom is -0.490 e. The van der Waals surface area contributed by atoms with Gasteiger partial charge < -0.3 is 19.3 Å². The number of rotatable bonds is 34. The van der Waals surface area contributed by atoms with Crippen molar-refractivity contribution < 1.29 is 19.3 Å². The van der Waals surface area contributed by atoms with Crippen LogP contribution < -0.4 is 14.2 Å². The number of hydrogen-bond acceptors (Lipinski definition) is 4. The predicted molar refractivity (Wildman–Crippen MR) is 191 cm³/mol. The van der Waals surface area contributed by atoms with Crippen LogP contribution in [0.3, 0.4) is 0 Å². The van der Waals surface area contributed by atoms with Gasteiger partial charge in [-0.2, -0.15) is 0 Å². The maximum atomic E-state index is 9.98. The molecule has 0 saturated carbocycles. The molecule has 0 atom stereocenters. The molecule has 1 aromatic rings. The van der Waals surface area contributed by atoms with Crippen LogP contribution in [0.1, 0.15) is 200 Å². The van der Waals surface area contributed by atoms with E-state index in [2.05, 4.69) is 20.8 Å². The second-order valence-corrected chi connectivity index (χ2v) is 13.1. The molecule has 0 bridgehead atoms. The minimum absolute atomic E-state index is 0.0265. The first-order valence-corrected chi connectivity index (χ1v) is 19.4. The van der Waals surface area contributed by atoms with Crippen LogP contribution in [0.2, 0.25) is 0 Å². The lowest BCUT2D eigenvalue weighted by molar-refractivity contribution is 0.231. The third kappa shape index (κ3) is 23.0. The normalized spacial score (nSPS) is 11.3. The third-order valence-corrected chi connectivity index (χ3v) is 8.77. The standard InChI is InChI=1S/C40H74O4/c1-4-7-10-13-16-19-22-25-28-31-42-38-34-37(36-41)35-39(43-32-29-26-23-20-17-14-11-8-5-2)40(38)44-33-30-27-24-21-18-15-12-9-6-3/h34-35,41H,4-33,36H2,1-3H3. The van der Waals surface area contributed by atoms with Gasteiger partial charge in [0.25, 0.3) is 0 Å². The Bertz CT molecular complexity index is 689. The molecule has 0 radical (unpaired) electrons. The average molecular weight is 619 g/mol. The average Bonchev–Trinajstić information content (AvgIpc) is 3.04. The SMILES string of the molecule is CCCCCCCCCCCOc1cc(CO)cc(OCCCCCCCCCCC)c1OCCCCCCCCCCC. The van der Waals surface area contributed by atoms with E-state index in [0.29, 0.717) is 19.8 Å². The van der Waals surface area contributed by atoms with Crippen LogP contribution in [0, 0.1) is 0 Å². The van der Waals surface area contributed by atoms with Gasteiger partial charge in [-0.15, -0.1) is 0 Å². The van der Waals surface area contributed by atoms with E-state index in [1.165, 1.54) is 154 Å². The quantitative estimate of drug-likeness (QED) is 0.0781. The lowest BCUT2D eigenvalue weighted by atomic mass is 10.1. The second kappa shape index (κ2) is 31.6. The molecule has 0 heterocycles. The molecule has 0 fully saturated rings. The van der Waals surface area contributed by atoms with E-state index in [0.717, 1.165) is 42.1 Å². The molecule has 0 amide bonds. The number of aliphatic hydroxyl groups excluding tert-OH is 1. The summed E-state index contributed by atoms with van der Waals surface area (Å²) in [4.78, 5) is 0. The largest absolute Gasteiger partial charge is 0.490 e. The Labute approximate surface area is 274 Å². The molecule has 0 saturated heterocycles. The lowest BCUT2D eigenvalue weighted by Gasteiger charge is -2.18. The zero-order valence-corrected chi connectivity index (χ0v) is 29.7. The fourth-order valence-corrected chi connectivity index (χ4v) is 5.86. The number of benzene rings is 1. The highest BCUT2D eigenvalue weighted by Gasteiger charge is 2.16. The van der Waals surface area contributed by atoms with Crippen molar-refractivity contribution in [1.29, 1.82) is 0 Å². The summed E-state index contributed by atoms with van der Waals surface area (Å²) < 4.78 is 19.0. The van der Waals surface area contributed by atoms with Crippen molar-refractivity contribution in [1.82, 2.24) is 0 Å². The lowest BCUT2D eigenvalue weighted by Crippen LogP contribution is -2.07. The fraction of sp³-hybridized carbons (Fsp3) is 0.850. The van der Waals surface area contributed by atoms with Gasteiger partial charge in [0.1, 0.15) is 0 Å². The molecule has 4 nitrogen and oxygen atoms in total. The van der Waals surface area contributed by atoms with Gasteiger partial charge in [0.05, 0.1) is 26.4 Å². The zero-order chi connectivity index (χ0) is 31.8. The number of aliphatic hydroxyl groups is 1. The molecule has 44 heavy (non-hydrogen) atoms. The van der Waals surface area contributed by atoms with Gasteiger partial charge in [-0.25, -0.2) is 0 Å². The molecule has 0 aliphatic rings. The summed E-state index contributed by atoms with van der Waals surface area (Å²) in [5, 5.41) is 9.98. The monoisotopic (exact) mass is 619 g/mol. The van der Waals surface area contributed by atoms with Gasteiger partial charge in [0.15, 0.2) is 11.5 Å². The first kappa shape index (κ1) is 40.6. The van der Waals surface area contributed by atoms with E-state index >= 15 is 0 Å². The minimum atomic E-state index is -0.0265. The molecule has 0 aromatic heterocycles. The highest BCUT2D eigenvalue weighted by Crippen LogP contribution is 2.39. The predicted octanol–water partition coefficient (Wildman–Crippen LogP) is 12.9. The topological polar surface area (TPSA) is 47.9 Å². The van der Waals surface area contributed by atoms with Crippen molar-refractivity contribution in [2.45, 2.75) is 201 Å². The summed E-state index contributed by atoms with van der Waals surface area (Å²) in [7, 11) is 0. The Morgan fingerprint density at radius 1 is 0.386 bits per heavy atom. The number of ether oxygens (including phenoxy) is 3. The smallest absolute Gasteiger partial charge is 0.203 e. The van der Waals surface area contributed by atoms with E-state index in [9.17, 15) is 5.11 Å². The summed E-state index contributed by atoms with van der Waals surface area (Å²) in [5.74, 6) is 2.19. The van der Waals surface area contributed by atoms with Crippen LogP contribution in [0.15, 0.2) is 12.1 Å². The molecular weight excluding hydrogens is 544 g/mol. The molecule has 1 aromatic carbocycles. The summed E-state index contributed by atoms with van der Waals surface area (Å²) in [6.45, 7) is 8.83. The molecule has 1 N–H and O–H groups in total. The Hall–Kier alpha value is -1.42. The summed E-state index contributed by atoms with van der Waals surface area (Å²) in [5.41, 5.74) is 0.824. The highest BCUT2D eigenvalue weighted by atomic mass is 16.5. The van der Waals surface area contributed by atoms with E-state index in [4.69, 9.17) is 14.2 Å². The van der Waals surface area contributed by atoms with Gasteiger partial charge in [0.2, 0.25) is 5.75 Å². The third-order valence-electron chi connectivity index (χ3n) is 8.77. The first-order valence-electron chi connectivity index (χ1n) is 19.4. The molecule has 258 valence electrons. The van der Waals surface area contributed by atoms with Crippen LogP contribution in [0.4, 0.5) is 0 Å². The van der Waals surface area contributed by atoms with Crippen molar-refractivity contribution >= 4 is 0 Å². The molecule has 0 unspecified atom stereocenters. The van der Waals surface area contributed by atoms with Gasteiger partial charge in [0, 0.05) is 0 Å². The van der Waals surface area contributed by atoms with Crippen molar-refractivity contribution in [2.24, 2.45) is 0 Å². The van der Waals surface area contributed by atoms with E-state index < -0.39 is 0 Å². The van der Waals surface area contributed by atoms with Crippen LogP contribution in [0.5, 0.6) is 17.2 Å². The van der Waals surface area contributed by atoms with Crippen molar-refractivity contribution in [3.8, 4) is 17.2 Å². The fourth-order valence-electron chi connectivity index (χ4n) is 5.86. The molecule has 1 rings (SSSR count). The maximum Gasteiger partial charge on any atom is 0.203 e. The van der Waals surface area contributed by atoms with Gasteiger partial charge in [-0.05, 0) is 37.0 Å². The first-order chi connectivity index (χ1) is 21.8. The Morgan fingerprint density at radius 3 is 0.955 bits per heavy atom. The van der Waals surface area contributed by atoms with Crippen LogP contribution in [-0.4, -0.2) is 24.9 Å². The van der Waals surface area contributed by atoms with E-state index in [-0.39, 0.29) is 6.61 Å². The van der Waals surface area contributed by atoms with Crippen LogP contribution in [0.25, 0.3) is 0 Å². The molecule has 4 heteroatoms. The Kier molecular flexibility index (Phi) is 29.1.